The van der Waals surface area contributed by atoms with Gasteiger partial charge in [-0.3, -0.25) is 9.67 Å². The van der Waals surface area contributed by atoms with Crippen LogP contribution in [0.15, 0.2) is 36.8 Å². The number of morpholine rings is 1. The van der Waals surface area contributed by atoms with Crippen molar-refractivity contribution in [1.29, 1.82) is 0 Å². The summed E-state index contributed by atoms with van der Waals surface area (Å²) in [5.74, 6) is 0.577. The molecule has 0 aromatic carbocycles. The standard InChI is InChI=1S/C17H19N5O2/c1-22-10-12(8-20-22)15-7-16-14(3-2-4-19-16)17(21-15)24-11-13-9-18-5-6-23-13/h2-4,7-8,10,13,18H,5-6,9,11H2,1H3/t13-/m1/s1. The molecule has 0 saturated carbocycles. The first-order valence-corrected chi connectivity index (χ1v) is 7.99. The monoisotopic (exact) mass is 325 g/mol. The van der Waals surface area contributed by atoms with Crippen molar-refractivity contribution in [3.63, 3.8) is 0 Å². The molecule has 3 aromatic heterocycles. The van der Waals surface area contributed by atoms with E-state index in [4.69, 9.17) is 9.47 Å². The van der Waals surface area contributed by atoms with Gasteiger partial charge in [-0.25, -0.2) is 4.98 Å². The van der Waals surface area contributed by atoms with Crippen molar-refractivity contribution in [1.82, 2.24) is 25.1 Å². The third kappa shape index (κ3) is 3.08. The molecule has 4 heterocycles. The molecular formula is C17H19N5O2. The van der Waals surface area contributed by atoms with Crippen LogP contribution in [0.2, 0.25) is 0 Å². The van der Waals surface area contributed by atoms with Gasteiger partial charge in [-0.2, -0.15) is 5.10 Å². The van der Waals surface area contributed by atoms with E-state index in [0.717, 1.165) is 35.2 Å². The number of rotatable bonds is 4. The quantitative estimate of drug-likeness (QED) is 0.781. The molecule has 1 aliphatic heterocycles. The van der Waals surface area contributed by atoms with Crippen LogP contribution in [0.25, 0.3) is 22.2 Å². The lowest BCUT2D eigenvalue weighted by Crippen LogP contribution is -2.41. The third-order valence-corrected chi connectivity index (χ3v) is 3.98. The summed E-state index contributed by atoms with van der Waals surface area (Å²) in [7, 11) is 1.88. The van der Waals surface area contributed by atoms with Crippen molar-refractivity contribution in [3.8, 4) is 17.1 Å². The first-order chi connectivity index (χ1) is 11.8. The molecule has 1 saturated heterocycles. The van der Waals surface area contributed by atoms with Crippen molar-refractivity contribution >= 4 is 10.9 Å². The molecule has 1 atom stereocenters. The topological polar surface area (TPSA) is 74.1 Å². The smallest absolute Gasteiger partial charge is 0.223 e. The van der Waals surface area contributed by atoms with Gasteiger partial charge in [0.2, 0.25) is 5.88 Å². The molecular weight excluding hydrogens is 306 g/mol. The molecule has 0 aliphatic carbocycles. The maximum absolute atomic E-state index is 5.98. The second-order valence-electron chi connectivity index (χ2n) is 5.79. The van der Waals surface area contributed by atoms with Crippen molar-refractivity contribution in [2.75, 3.05) is 26.3 Å². The Kier molecular flexibility index (Phi) is 4.10. The minimum absolute atomic E-state index is 0.0364. The lowest BCUT2D eigenvalue weighted by molar-refractivity contribution is -0.000365. The summed E-state index contributed by atoms with van der Waals surface area (Å²) >= 11 is 0. The number of aromatic nitrogens is 4. The Morgan fingerprint density at radius 2 is 2.42 bits per heavy atom. The van der Waals surface area contributed by atoms with Crippen LogP contribution in [0.1, 0.15) is 0 Å². The Labute approximate surface area is 139 Å². The Hall–Kier alpha value is -2.51. The van der Waals surface area contributed by atoms with Gasteiger partial charge in [0.15, 0.2) is 0 Å². The van der Waals surface area contributed by atoms with E-state index in [1.165, 1.54) is 0 Å². The van der Waals surface area contributed by atoms with Crippen molar-refractivity contribution in [3.05, 3.63) is 36.8 Å². The highest BCUT2D eigenvalue weighted by Gasteiger charge is 2.16. The number of hydrogen-bond donors (Lipinski definition) is 1. The summed E-state index contributed by atoms with van der Waals surface area (Å²) in [5, 5.41) is 8.41. The summed E-state index contributed by atoms with van der Waals surface area (Å²) in [4.78, 5) is 9.12. The van der Waals surface area contributed by atoms with Crippen LogP contribution in [0.4, 0.5) is 0 Å². The van der Waals surface area contributed by atoms with Crippen LogP contribution >= 0.6 is 0 Å². The molecule has 0 amide bonds. The summed E-state index contributed by atoms with van der Waals surface area (Å²) in [5.41, 5.74) is 2.58. The molecule has 124 valence electrons. The fourth-order valence-corrected chi connectivity index (χ4v) is 2.75. The second kappa shape index (κ2) is 6.54. The molecule has 1 aliphatic rings. The summed E-state index contributed by atoms with van der Waals surface area (Å²) in [6.45, 7) is 2.84. The zero-order chi connectivity index (χ0) is 16.4. The van der Waals surface area contributed by atoms with E-state index < -0.39 is 0 Å². The summed E-state index contributed by atoms with van der Waals surface area (Å²) in [6.07, 6.45) is 5.52. The van der Waals surface area contributed by atoms with Gasteiger partial charge in [0, 0.05) is 38.1 Å². The van der Waals surface area contributed by atoms with Gasteiger partial charge < -0.3 is 14.8 Å². The van der Waals surface area contributed by atoms with Gasteiger partial charge >= 0.3 is 0 Å². The van der Waals surface area contributed by atoms with Gasteiger partial charge in [-0.05, 0) is 18.2 Å². The number of pyridine rings is 2. The SMILES string of the molecule is Cn1cc(-c2cc3ncccc3c(OC[C@H]3CNCCO3)n2)cn1. The number of nitrogens with zero attached hydrogens (tertiary/aromatic N) is 4. The van der Waals surface area contributed by atoms with Gasteiger partial charge in [-0.15, -0.1) is 0 Å². The average Bonchev–Trinajstić information content (AvgIpc) is 3.07. The third-order valence-electron chi connectivity index (χ3n) is 3.98. The Morgan fingerprint density at radius 1 is 1.46 bits per heavy atom. The molecule has 7 heteroatoms. The highest BCUT2D eigenvalue weighted by molar-refractivity contribution is 5.86. The first-order valence-electron chi connectivity index (χ1n) is 7.99. The predicted molar refractivity (Wildman–Crippen MR) is 89.8 cm³/mol. The fraction of sp³-hybridized carbons (Fsp3) is 0.353. The van der Waals surface area contributed by atoms with Gasteiger partial charge in [-0.1, -0.05) is 0 Å². The van der Waals surface area contributed by atoms with Crippen LogP contribution < -0.4 is 10.1 Å². The fourth-order valence-electron chi connectivity index (χ4n) is 2.75. The molecule has 24 heavy (non-hydrogen) atoms. The molecule has 0 spiro atoms. The summed E-state index contributed by atoms with van der Waals surface area (Å²) < 4.78 is 13.4. The van der Waals surface area contributed by atoms with Crippen molar-refractivity contribution < 1.29 is 9.47 Å². The molecule has 0 bridgehead atoms. The Balaban J connectivity index is 1.66. The van der Waals surface area contributed by atoms with E-state index in [0.29, 0.717) is 19.1 Å². The number of fused-ring (bicyclic) bond motifs is 1. The highest BCUT2D eigenvalue weighted by atomic mass is 16.5. The van der Waals surface area contributed by atoms with E-state index in [1.807, 2.05) is 31.4 Å². The minimum atomic E-state index is 0.0364. The summed E-state index contributed by atoms with van der Waals surface area (Å²) in [6, 6.07) is 5.81. The van der Waals surface area contributed by atoms with E-state index in [2.05, 4.69) is 20.4 Å². The molecule has 3 aromatic rings. The molecule has 7 nitrogen and oxygen atoms in total. The molecule has 0 radical (unpaired) electrons. The zero-order valence-electron chi connectivity index (χ0n) is 13.5. The number of nitrogens with one attached hydrogen (secondary N) is 1. The van der Waals surface area contributed by atoms with Crippen LogP contribution in [0, 0.1) is 0 Å². The molecule has 4 rings (SSSR count). The average molecular weight is 325 g/mol. The van der Waals surface area contributed by atoms with E-state index >= 15 is 0 Å². The minimum Gasteiger partial charge on any atom is -0.474 e. The van der Waals surface area contributed by atoms with Gasteiger partial charge in [0.05, 0.1) is 29.4 Å². The van der Waals surface area contributed by atoms with Crippen LogP contribution in [0.3, 0.4) is 0 Å². The largest absolute Gasteiger partial charge is 0.474 e. The van der Waals surface area contributed by atoms with Gasteiger partial charge in [0.1, 0.15) is 12.7 Å². The van der Waals surface area contributed by atoms with Crippen LogP contribution in [0.5, 0.6) is 5.88 Å². The first kappa shape index (κ1) is 15.0. The lowest BCUT2D eigenvalue weighted by Gasteiger charge is -2.23. The predicted octanol–water partition coefficient (Wildman–Crippen LogP) is 1.40. The van der Waals surface area contributed by atoms with Crippen molar-refractivity contribution in [2.24, 2.45) is 7.05 Å². The number of ether oxygens (including phenoxy) is 2. The number of aryl methyl sites for hydroxylation is 1. The second-order valence-corrected chi connectivity index (χ2v) is 5.79. The Morgan fingerprint density at radius 3 is 3.21 bits per heavy atom. The maximum Gasteiger partial charge on any atom is 0.223 e. The highest BCUT2D eigenvalue weighted by Crippen LogP contribution is 2.28. The molecule has 0 unspecified atom stereocenters. The van der Waals surface area contributed by atoms with E-state index in [-0.39, 0.29) is 6.10 Å². The van der Waals surface area contributed by atoms with Crippen molar-refractivity contribution in [2.45, 2.75) is 6.10 Å². The maximum atomic E-state index is 5.98. The van der Waals surface area contributed by atoms with Crippen LogP contribution in [-0.4, -0.2) is 52.2 Å². The molecule has 1 fully saturated rings. The molecule has 1 N–H and O–H groups in total. The lowest BCUT2D eigenvalue weighted by atomic mass is 10.2. The van der Waals surface area contributed by atoms with Gasteiger partial charge in [0.25, 0.3) is 0 Å². The zero-order valence-corrected chi connectivity index (χ0v) is 13.5. The van der Waals surface area contributed by atoms with Crippen LogP contribution in [-0.2, 0) is 11.8 Å². The van der Waals surface area contributed by atoms with E-state index in [9.17, 15) is 0 Å². The van der Waals surface area contributed by atoms with E-state index in [1.54, 1.807) is 17.1 Å². The number of hydrogen-bond acceptors (Lipinski definition) is 6. The normalized spacial score (nSPS) is 18.0. The Bertz CT molecular complexity index is 842.